The number of hydrogen-bond donors (Lipinski definition) is 2. The Bertz CT molecular complexity index is 746. The number of pyridine rings is 1. The molecule has 0 amide bonds. The van der Waals surface area contributed by atoms with Gasteiger partial charge in [-0.1, -0.05) is 36.9 Å². The number of alkyl halides is 1. The second-order valence-electron chi connectivity index (χ2n) is 5.96. The van der Waals surface area contributed by atoms with Crippen molar-refractivity contribution in [1.29, 1.82) is 0 Å². The number of anilines is 3. The first-order valence-corrected chi connectivity index (χ1v) is 8.36. The van der Waals surface area contributed by atoms with Crippen molar-refractivity contribution in [1.82, 2.24) is 4.98 Å². The van der Waals surface area contributed by atoms with Crippen molar-refractivity contribution in [3.63, 3.8) is 0 Å². The number of aromatic nitrogens is 1. The van der Waals surface area contributed by atoms with Gasteiger partial charge in [0.05, 0.1) is 34.2 Å². The SMILES string of the molecule is BC(C)(F)c1cc2c(c(NI)n1)NC(=C)N2Cc1ccccc1. The molecule has 1 unspecified atom stereocenters. The summed E-state index contributed by atoms with van der Waals surface area (Å²) in [6.07, 6.45) is 0. The summed E-state index contributed by atoms with van der Waals surface area (Å²) in [4.78, 5) is 6.43. The zero-order valence-corrected chi connectivity index (χ0v) is 15.2. The maximum atomic E-state index is 14.4. The standard InChI is InChI=1S/C16H17BFIN4/c1-10-20-14-12(23(10)9-11-6-4-3-5-7-11)8-13(16(2,17)18)21-15(14)22-19/h3-8,20H,1,9,17H2,2H3,(H,21,22). The van der Waals surface area contributed by atoms with Crippen LogP contribution in [0.25, 0.3) is 0 Å². The van der Waals surface area contributed by atoms with E-state index in [-0.39, 0.29) is 0 Å². The molecule has 0 aliphatic carbocycles. The molecule has 0 saturated heterocycles. The maximum Gasteiger partial charge on any atom is 0.161 e. The Labute approximate surface area is 150 Å². The molecule has 2 aromatic rings. The molecule has 0 fully saturated rings. The van der Waals surface area contributed by atoms with Crippen molar-refractivity contribution < 1.29 is 4.39 Å². The normalized spacial score (nSPS) is 15.8. The van der Waals surface area contributed by atoms with E-state index >= 15 is 0 Å². The summed E-state index contributed by atoms with van der Waals surface area (Å²) in [6.45, 7) is 6.25. The highest BCUT2D eigenvalue weighted by atomic mass is 127. The van der Waals surface area contributed by atoms with Crippen molar-refractivity contribution in [2.24, 2.45) is 0 Å². The van der Waals surface area contributed by atoms with Crippen molar-refractivity contribution in [2.45, 2.75) is 19.0 Å². The van der Waals surface area contributed by atoms with Crippen molar-refractivity contribution >= 4 is 47.9 Å². The van der Waals surface area contributed by atoms with Crippen LogP contribution in [0.2, 0.25) is 0 Å². The van der Waals surface area contributed by atoms with Crippen molar-refractivity contribution in [3.8, 4) is 0 Å². The summed E-state index contributed by atoms with van der Waals surface area (Å²) in [6, 6.07) is 11.9. The van der Waals surface area contributed by atoms with Gasteiger partial charge in [0.15, 0.2) is 13.7 Å². The van der Waals surface area contributed by atoms with Gasteiger partial charge < -0.3 is 13.7 Å². The van der Waals surface area contributed by atoms with Gasteiger partial charge in [0.25, 0.3) is 0 Å². The van der Waals surface area contributed by atoms with Gasteiger partial charge in [0, 0.05) is 6.54 Å². The van der Waals surface area contributed by atoms with E-state index in [9.17, 15) is 4.39 Å². The topological polar surface area (TPSA) is 40.2 Å². The summed E-state index contributed by atoms with van der Waals surface area (Å²) < 4.78 is 17.4. The number of rotatable bonds is 4. The minimum atomic E-state index is -1.51. The number of halogens is 2. The molecule has 0 radical (unpaired) electrons. The van der Waals surface area contributed by atoms with Crippen LogP contribution >= 0.6 is 22.9 Å². The molecule has 118 valence electrons. The molecule has 0 bridgehead atoms. The Morgan fingerprint density at radius 2 is 2.13 bits per heavy atom. The average molecular weight is 422 g/mol. The third kappa shape index (κ3) is 3.15. The van der Waals surface area contributed by atoms with Gasteiger partial charge in [-0.05, 0) is 18.6 Å². The van der Waals surface area contributed by atoms with Crippen LogP contribution in [0, 0.1) is 0 Å². The summed E-state index contributed by atoms with van der Waals surface area (Å²) in [5, 5.41) is 3.25. The molecular formula is C16H17BFIN4. The number of benzene rings is 1. The molecule has 1 aromatic carbocycles. The van der Waals surface area contributed by atoms with E-state index in [2.05, 4.69) is 32.5 Å². The highest BCUT2D eigenvalue weighted by Crippen LogP contribution is 2.43. The predicted octanol–water partition coefficient (Wildman–Crippen LogP) is 3.52. The van der Waals surface area contributed by atoms with Crippen molar-refractivity contribution in [2.75, 3.05) is 13.7 Å². The minimum absolute atomic E-state index is 0.393. The largest absolute Gasteiger partial charge is 0.337 e. The zero-order chi connectivity index (χ0) is 16.6. The predicted molar refractivity (Wildman–Crippen MR) is 104 cm³/mol. The van der Waals surface area contributed by atoms with Crippen LogP contribution in [-0.4, -0.2) is 12.8 Å². The zero-order valence-electron chi connectivity index (χ0n) is 13.0. The van der Waals surface area contributed by atoms with Gasteiger partial charge in [-0.3, -0.25) is 0 Å². The fourth-order valence-corrected chi connectivity index (χ4v) is 2.93. The monoisotopic (exact) mass is 422 g/mol. The van der Waals surface area contributed by atoms with Crippen LogP contribution in [0.4, 0.5) is 21.6 Å². The molecule has 7 heteroatoms. The van der Waals surface area contributed by atoms with Crippen LogP contribution in [0.15, 0.2) is 48.8 Å². The van der Waals surface area contributed by atoms with Crippen molar-refractivity contribution in [3.05, 3.63) is 60.1 Å². The first kappa shape index (κ1) is 16.1. The Morgan fingerprint density at radius 1 is 1.43 bits per heavy atom. The highest BCUT2D eigenvalue weighted by molar-refractivity contribution is 14.1. The lowest BCUT2D eigenvalue weighted by atomic mass is 9.82. The third-order valence-electron chi connectivity index (χ3n) is 3.77. The maximum absolute atomic E-state index is 14.4. The molecule has 1 atom stereocenters. The molecule has 4 nitrogen and oxygen atoms in total. The lowest BCUT2D eigenvalue weighted by molar-refractivity contribution is 0.305. The quantitative estimate of drug-likeness (QED) is 0.450. The van der Waals surface area contributed by atoms with Crippen LogP contribution in [-0.2, 0) is 12.1 Å². The number of nitrogens with zero attached hydrogens (tertiary/aromatic N) is 2. The third-order valence-corrected chi connectivity index (χ3v) is 4.28. The van der Waals surface area contributed by atoms with E-state index in [1.54, 1.807) is 6.07 Å². The van der Waals surface area contributed by atoms with Crippen LogP contribution < -0.4 is 13.7 Å². The molecular weight excluding hydrogens is 405 g/mol. The van der Waals surface area contributed by atoms with Gasteiger partial charge in [-0.2, -0.15) is 0 Å². The summed E-state index contributed by atoms with van der Waals surface area (Å²) in [5.74, 6) is 1.37. The van der Waals surface area contributed by atoms with E-state index in [1.165, 1.54) is 14.8 Å². The average Bonchev–Trinajstić information content (AvgIpc) is 2.83. The Balaban J connectivity index is 2.05. The molecule has 0 spiro atoms. The number of fused-ring (bicyclic) bond motifs is 1. The lowest BCUT2D eigenvalue weighted by Crippen LogP contribution is -2.21. The first-order valence-electron chi connectivity index (χ1n) is 7.28. The molecule has 0 saturated carbocycles. The molecule has 23 heavy (non-hydrogen) atoms. The molecule has 1 aromatic heterocycles. The van der Waals surface area contributed by atoms with Gasteiger partial charge in [0.1, 0.15) is 17.1 Å². The van der Waals surface area contributed by atoms with Gasteiger partial charge >= 0.3 is 0 Å². The molecule has 1 aliphatic heterocycles. The van der Waals surface area contributed by atoms with E-state index in [4.69, 9.17) is 0 Å². The molecule has 3 rings (SSSR count). The van der Waals surface area contributed by atoms with Crippen LogP contribution in [0.1, 0.15) is 18.2 Å². The molecule has 2 heterocycles. The van der Waals surface area contributed by atoms with E-state index in [1.807, 2.05) is 46.0 Å². The fraction of sp³-hybridized carbons (Fsp3) is 0.188. The summed E-state index contributed by atoms with van der Waals surface area (Å²) >= 11 is 2.01. The second-order valence-corrected chi connectivity index (χ2v) is 6.50. The van der Waals surface area contributed by atoms with Gasteiger partial charge in [-0.25, -0.2) is 9.37 Å². The van der Waals surface area contributed by atoms with Crippen LogP contribution in [0.3, 0.4) is 0 Å². The Morgan fingerprint density at radius 3 is 2.74 bits per heavy atom. The second kappa shape index (κ2) is 6.03. The molecule has 2 N–H and O–H groups in total. The Hall–Kier alpha value is -1.77. The summed E-state index contributed by atoms with van der Waals surface area (Å²) in [5.41, 5.74) is 1.75. The fourth-order valence-electron chi connectivity index (χ4n) is 2.54. The summed E-state index contributed by atoms with van der Waals surface area (Å²) in [7, 11) is 1.51. The highest BCUT2D eigenvalue weighted by Gasteiger charge is 2.30. The van der Waals surface area contributed by atoms with Gasteiger partial charge in [-0.15, -0.1) is 0 Å². The van der Waals surface area contributed by atoms with Crippen LogP contribution in [0.5, 0.6) is 0 Å². The van der Waals surface area contributed by atoms with E-state index in [0.717, 1.165) is 22.8 Å². The van der Waals surface area contributed by atoms with E-state index in [0.29, 0.717) is 18.1 Å². The van der Waals surface area contributed by atoms with E-state index < -0.39 is 5.57 Å². The van der Waals surface area contributed by atoms with Gasteiger partial charge in [0.2, 0.25) is 0 Å². The minimum Gasteiger partial charge on any atom is -0.337 e. The smallest absolute Gasteiger partial charge is 0.161 e. The lowest BCUT2D eigenvalue weighted by Gasteiger charge is -2.21. The molecule has 1 aliphatic rings. The first-order chi connectivity index (χ1) is 10.9. The number of hydrogen-bond acceptors (Lipinski definition) is 4. The Kier molecular flexibility index (Phi) is 4.22. The number of nitrogens with one attached hydrogen (secondary N) is 2.